The van der Waals surface area contributed by atoms with Crippen molar-refractivity contribution in [3.63, 3.8) is 0 Å². The van der Waals surface area contributed by atoms with Crippen molar-refractivity contribution in [2.45, 2.75) is 32.4 Å². The van der Waals surface area contributed by atoms with E-state index in [1.807, 2.05) is 55.6 Å². The summed E-state index contributed by atoms with van der Waals surface area (Å²) in [7, 11) is 0. The lowest BCUT2D eigenvalue weighted by Crippen LogP contribution is -2.39. The number of carbonyl (C=O) groups is 1. The van der Waals surface area contributed by atoms with Crippen LogP contribution in [-0.2, 0) is 23.4 Å². The molecule has 0 spiro atoms. The standard InChI is InChI=1S/C16H19NO2S/c1-16(2,14-8-5-9-20-14)15(19)17-10-12-6-3-4-7-13(12)11-18/h3-9,18H,10-11H2,1-2H3,(H,17,19). The first-order valence-corrected chi connectivity index (χ1v) is 7.43. The first kappa shape index (κ1) is 14.8. The summed E-state index contributed by atoms with van der Waals surface area (Å²) in [6.45, 7) is 4.27. The topological polar surface area (TPSA) is 49.3 Å². The van der Waals surface area contributed by atoms with Gasteiger partial charge in [-0.1, -0.05) is 30.3 Å². The Morgan fingerprint density at radius 2 is 1.90 bits per heavy atom. The molecule has 1 aromatic carbocycles. The number of amides is 1. The van der Waals surface area contributed by atoms with E-state index >= 15 is 0 Å². The fraction of sp³-hybridized carbons (Fsp3) is 0.312. The maximum Gasteiger partial charge on any atom is 0.231 e. The first-order chi connectivity index (χ1) is 9.55. The van der Waals surface area contributed by atoms with Crippen LogP contribution in [-0.4, -0.2) is 11.0 Å². The number of carbonyl (C=O) groups excluding carboxylic acids is 1. The van der Waals surface area contributed by atoms with Crippen molar-refractivity contribution in [2.75, 3.05) is 0 Å². The number of aliphatic hydroxyl groups is 1. The molecule has 20 heavy (non-hydrogen) atoms. The summed E-state index contributed by atoms with van der Waals surface area (Å²) in [4.78, 5) is 13.4. The predicted molar refractivity (Wildman–Crippen MR) is 81.6 cm³/mol. The molecule has 0 fully saturated rings. The second-order valence-electron chi connectivity index (χ2n) is 5.21. The van der Waals surface area contributed by atoms with Crippen molar-refractivity contribution in [3.8, 4) is 0 Å². The second-order valence-corrected chi connectivity index (χ2v) is 6.16. The summed E-state index contributed by atoms with van der Waals surface area (Å²) in [5.41, 5.74) is 1.26. The van der Waals surface area contributed by atoms with Gasteiger partial charge < -0.3 is 10.4 Å². The average molecular weight is 289 g/mol. The molecule has 0 aliphatic carbocycles. The fourth-order valence-corrected chi connectivity index (χ4v) is 2.87. The molecule has 2 aromatic rings. The molecule has 0 unspecified atom stereocenters. The van der Waals surface area contributed by atoms with Gasteiger partial charge in [0.1, 0.15) is 0 Å². The van der Waals surface area contributed by atoms with Crippen molar-refractivity contribution >= 4 is 17.2 Å². The molecule has 0 atom stereocenters. The van der Waals surface area contributed by atoms with Gasteiger partial charge in [0.2, 0.25) is 5.91 Å². The van der Waals surface area contributed by atoms with Crippen LogP contribution in [0.2, 0.25) is 0 Å². The van der Waals surface area contributed by atoms with Crippen LogP contribution in [0.4, 0.5) is 0 Å². The maximum absolute atomic E-state index is 12.4. The van der Waals surface area contributed by atoms with E-state index < -0.39 is 5.41 Å². The van der Waals surface area contributed by atoms with E-state index in [1.165, 1.54) is 0 Å². The van der Waals surface area contributed by atoms with E-state index in [9.17, 15) is 9.90 Å². The summed E-state index contributed by atoms with van der Waals surface area (Å²) < 4.78 is 0. The van der Waals surface area contributed by atoms with Gasteiger partial charge in [-0.2, -0.15) is 0 Å². The minimum absolute atomic E-state index is 0.00677. The molecule has 1 amide bonds. The average Bonchev–Trinajstić information content (AvgIpc) is 2.99. The predicted octanol–water partition coefficient (Wildman–Crippen LogP) is 2.83. The van der Waals surface area contributed by atoms with Crippen LogP contribution in [0.25, 0.3) is 0 Å². The van der Waals surface area contributed by atoms with E-state index in [1.54, 1.807) is 11.3 Å². The smallest absolute Gasteiger partial charge is 0.231 e. The molecule has 0 bridgehead atoms. The summed E-state index contributed by atoms with van der Waals surface area (Å²) in [6.07, 6.45) is 0. The Balaban J connectivity index is 2.05. The molecular weight excluding hydrogens is 270 g/mol. The zero-order valence-electron chi connectivity index (χ0n) is 11.7. The number of hydrogen-bond acceptors (Lipinski definition) is 3. The fourth-order valence-electron chi connectivity index (χ4n) is 2.03. The highest BCUT2D eigenvalue weighted by Gasteiger charge is 2.30. The second kappa shape index (κ2) is 6.20. The minimum atomic E-state index is -0.539. The number of nitrogens with one attached hydrogen (secondary N) is 1. The number of rotatable bonds is 5. The summed E-state index contributed by atoms with van der Waals surface area (Å²) >= 11 is 1.59. The molecule has 0 aliphatic rings. The molecule has 1 heterocycles. The van der Waals surface area contributed by atoms with Gasteiger partial charge in [0.15, 0.2) is 0 Å². The van der Waals surface area contributed by atoms with E-state index in [2.05, 4.69) is 5.32 Å². The zero-order valence-corrected chi connectivity index (χ0v) is 12.5. The Labute approximate surface area is 123 Å². The van der Waals surface area contributed by atoms with Crippen LogP contribution in [0.3, 0.4) is 0 Å². The van der Waals surface area contributed by atoms with Gasteiger partial charge in [-0.25, -0.2) is 0 Å². The molecule has 3 nitrogen and oxygen atoms in total. The molecule has 0 saturated carbocycles. The molecule has 4 heteroatoms. The highest BCUT2D eigenvalue weighted by Crippen LogP contribution is 2.27. The van der Waals surface area contributed by atoms with E-state index in [-0.39, 0.29) is 12.5 Å². The van der Waals surface area contributed by atoms with Crippen LogP contribution in [0, 0.1) is 0 Å². The SMILES string of the molecule is CC(C)(C(=O)NCc1ccccc1CO)c1cccs1. The Bertz CT molecular complexity index is 576. The third-order valence-corrected chi connectivity index (χ3v) is 4.63. The van der Waals surface area contributed by atoms with Crippen molar-refractivity contribution in [1.82, 2.24) is 5.32 Å². The molecule has 2 N–H and O–H groups in total. The van der Waals surface area contributed by atoms with Crippen molar-refractivity contribution < 1.29 is 9.90 Å². The van der Waals surface area contributed by atoms with Gasteiger partial charge in [-0.05, 0) is 36.4 Å². The first-order valence-electron chi connectivity index (χ1n) is 6.55. The van der Waals surface area contributed by atoms with Crippen molar-refractivity contribution in [1.29, 1.82) is 0 Å². The maximum atomic E-state index is 12.4. The lowest BCUT2D eigenvalue weighted by Gasteiger charge is -2.22. The molecule has 2 rings (SSSR count). The number of benzene rings is 1. The van der Waals surface area contributed by atoms with Gasteiger partial charge in [-0.3, -0.25) is 4.79 Å². The molecule has 0 radical (unpaired) electrons. The summed E-state index contributed by atoms with van der Waals surface area (Å²) in [6, 6.07) is 11.5. The molecule has 0 saturated heterocycles. The highest BCUT2D eigenvalue weighted by molar-refractivity contribution is 7.10. The van der Waals surface area contributed by atoms with Crippen LogP contribution >= 0.6 is 11.3 Å². The Morgan fingerprint density at radius 1 is 1.20 bits per heavy atom. The van der Waals surface area contributed by atoms with Crippen LogP contribution in [0.5, 0.6) is 0 Å². The van der Waals surface area contributed by atoms with Gasteiger partial charge in [0.05, 0.1) is 12.0 Å². The van der Waals surface area contributed by atoms with Crippen molar-refractivity contribution in [3.05, 3.63) is 57.8 Å². The van der Waals surface area contributed by atoms with E-state index in [4.69, 9.17) is 0 Å². The quantitative estimate of drug-likeness (QED) is 0.889. The largest absolute Gasteiger partial charge is 0.392 e. The molecule has 1 aromatic heterocycles. The number of aliphatic hydroxyl groups excluding tert-OH is 1. The third kappa shape index (κ3) is 3.08. The minimum Gasteiger partial charge on any atom is -0.392 e. The van der Waals surface area contributed by atoms with Crippen LogP contribution in [0.15, 0.2) is 41.8 Å². The lowest BCUT2D eigenvalue weighted by molar-refractivity contribution is -0.125. The van der Waals surface area contributed by atoms with Gasteiger partial charge in [-0.15, -0.1) is 11.3 Å². The Kier molecular flexibility index (Phi) is 4.57. The van der Waals surface area contributed by atoms with Gasteiger partial charge >= 0.3 is 0 Å². The normalized spacial score (nSPS) is 11.3. The van der Waals surface area contributed by atoms with Crippen molar-refractivity contribution in [2.24, 2.45) is 0 Å². The van der Waals surface area contributed by atoms with Crippen LogP contribution in [0.1, 0.15) is 29.9 Å². The summed E-state index contributed by atoms with van der Waals surface area (Å²) in [5, 5.41) is 14.2. The number of thiophene rings is 1. The monoisotopic (exact) mass is 289 g/mol. The van der Waals surface area contributed by atoms with E-state index in [0.717, 1.165) is 16.0 Å². The molecule has 106 valence electrons. The number of hydrogen-bond donors (Lipinski definition) is 2. The van der Waals surface area contributed by atoms with Gasteiger partial charge in [0, 0.05) is 11.4 Å². The zero-order chi connectivity index (χ0) is 14.6. The van der Waals surface area contributed by atoms with Crippen LogP contribution < -0.4 is 5.32 Å². The summed E-state index contributed by atoms with van der Waals surface area (Å²) in [5.74, 6) is -0.00677. The third-order valence-electron chi connectivity index (χ3n) is 3.43. The Morgan fingerprint density at radius 3 is 2.50 bits per heavy atom. The van der Waals surface area contributed by atoms with E-state index in [0.29, 0.717) is 6.54 Å². The molecular formula is C16H19NO2S. The molecule has 0 aliphatic heterocycles. The lowest BCUT2D eigenvalue weighted by atomic mass is 9.90. The Hall–Kier alpha value is -1.65. The van der Waals surface area contributed by atoms with Gasteiger partial charge in [0.25, 0.3) is 0 Å². The highest BCUT2D eigenvalue weighted by atomic mass is 32.1.